The largest absolute Gasteiger partial charge is 0.462 e. The van der Waals surface area contributed by atoms with E-state index >= 15 is 0 Å². The second-order valence-corrected chi connectivity index (χ2v) is 13.7. The topological polar surface area (TPSA) is 58.6 Å². The van der Waals surface area contributed by atoms with E-state index in [-0.39, 0.29) is 12.1 Å². The Balaban J connectivity index is 0.00000947. The van der Waals surface area contributed by atoms with Crippen LogP contribution in [0.25, 0.3) is 0 Å². The van der Waals surface area contributed by atoms with E-state index in [0.29, 0.717) is 18.5 Å². The third kappa shape index (κ3) is 27.8. The van der Waals surface area contributed by atoms with E-state index in [2.05, 4.69) is 31.0 Å². The van der Waals surface area contributed by atoms with Gasteiger partial charge in [0.2, 0.25) is 0 Å². The summed E-state index contributed by atoms with van der Waals surface area (Å²) in [4.78, 5) is 26.0. The lowest BCUT2D eigenvalue weighted by Crippen LogP contribution is -2.56. The molecule has 5 heteroatoms. The molecule has 0 radical (unpaired) electrons. The van der Waals surface area contributed by atoms with Gasteiger partial charge in [-0.1, -0.05) is 137 Å². The molecule has 5 nitrogen and oxygen atoms in total. The van der Waals surface area contributed by atoms with Crippen LogP contribution in [-0.2, 0) is 14.3 Å². The van der Waals surface area contributed by atoms with Crippen molar-refractivity contribution in [1.29, 1.82) is 0 Å². The second-order valence-electron chi connectivity index (χ2n) is 13.7. The van der Waals surface area contributed by atoms with Crippen LogP contribution in [0.3, 0.4) is 0 Å². The van der Waals surface area contributed by atoms with Gasteiger partial charge in [-0.15, -0.1) is 0 Å². The van der Waals surface area contributed by atoms with Crippen molar-refractivity contribution in [2.45, 2.75) is 226 Å². The van der Waals surface area contributed by atoms with Gasteiger partial charge in [-0.2, -0.15) is 0 Å². The molecule has 0 amide bonds. The van der Waals surface area contributed by atoms with E-state index < -0.39 is 0 Å². The first-order valence-electron chi connectivity index (χ1n) is 20.2. The zero-order chi connectivity index (χ0) is 33.2. The highest BCUT2D eigenvalue weighted by molar-refractivity contribution is 5.69. The lowest BCUT2D eigenvalue weighted by Gasteiger charge is -2.39. The van der Waals surface area contributed by atoms with E-state index in [1.165, 1.54) is 148 Å². The third-order valence-corrected chi connectivity index (χ3v) is 9.37. The van der Waals surface area contributed by atoms with Crippen LogP contribution in [0.1, 0.15) is 208 Å². The van der Waals surface area contributed by atoms with Gasteiger partial charge in [0, 0.05) is 38.0 Å². The average Bonchev–Trinajstić information content (AvgIpc) is 3.05. The SMILES string of the molecule is CC.CCCCCCCC(CCCCCCC)OC(=O)CCCCCCC1CN(CCCCC)CC(CCCCCCC=O)N1. The van der Waals surface area contributed by atoms with Crippen molar-refractivity contribution in [3.05, 3.63) is 0 Å². The first-order chi connectivity index (χ1) is 22.1. The minimum atomic E-state index is 0.0396. The molecule has 1 aliphatic heterocycles. The van der Waals surface area contributed by atoms with Crippen LogP contribution in [0.2, 0.25) is 0 Å². The Morgan fingerprint density at radius 2 is 1.13 bits per heavy atom. The Kier molecular flexibility index (Phi) is 33.7. The number of carbonyl (C=O) groups excluding carboxylic acids is 2. The number of piperazine rings is 1. The van der Waals surface area contributed by atoms with E-state index in [9.17, 15) is 9.59 Å². The Labute approximate surface area is 282 Å². The number of nitrogens with zero attached hydrogens (tertiary/aromatic N) is 1. The molecule has 1 rings (SSSR count). The van der Waals surface area contributed by atoms with Gasteiger partial charge in [-0.3, -0.25) is 4.79 Å². The summed E-state index contributed by atoms with van der Waals surface area (Å²) in [6.07, 6.45) is 33.0. The summed E-state index contributed by atoms with van der Waals surface area (Å²) < 4.78 is 6.02. The second kappa shape index (κ2) is 34.4. The number of ether oxygens (including phenoxy) is 1. The highest BCUT2D eigenvalue weighted by Gasteiger charge is 2.25. The van der Waals surface area contributed by atoms with Gasteiger partial charge in [0.25, 0.3) is 0 Å². The summed E-state index contributed by atoms with van der Waals surface area (Å²) in [5.74, 6) is 0.0396. The molecule has 0 aromatic heterocycles. The van der Waals surface area contributed by atoms with Crippen LogP contribution in [-0.4, -0.2) is 55.0 Å². The average molecular weight is 637 g/mol. The zero-order valence-corrected chi connectivity index (χ0v) is 31.2. The molecule has 2 unspecified atom stereocenters. The molecule has 1 N–H and O–H groups in total. The standard InChI is InChI=1S/C38H74N2O3.C2H6/c1-4-7-10-13-21-28-37(29-22-14-11-8-5-2)43-38(42)30-23-17-16-20-27-36-34-40(31-24-9-6-3)33-35(39-36)26-19-15-12-18-25-32-41;1-2/h32,35-37,39H,4-31,33-34H2,1-3H3;1-2H3. The number of hydrogen-bond acceptors (Lipinski definition) is 5. The molecule has 2 atom stereocenters. The van der Waals surface area contributed by atoms with E-state index in [1.54, 1.807) is 0 Å². The molecule has 0 bridgehead atoms. The van der Waals surface area contributed by atoms with Crippen LogP contribution in [0, 0.1) is 0 Å². The molecule has 45 heavy (non-hydrogen) atoms. The summed E-state index contributed by atoms with van der Waals surface area (Å²) in [5, 5.41) is 3.99. The highest BCUT2D eigenvalue weighted by Crippen LogP contribution is 2.19. The number of nitrogens with one attached hydrogen (secondary N) is 1. The maximum atomic E-state index is 12.7. The molecule has 1 aliphatic rings. The van der Waals surface area contributed by atoms with Crippen molar-refractivity contribution in [3.8, 4) is 0 Å². The van der Waals surface area contributed by atoms with Crippen LogP contribution in [0.4, 0.5) is 0 Å². The number of hydrogen-bond donors (Lipinski definition) is 1. The van der Waals surface area contributed by atoms with Crippen LogP contribution >= 0.6 is 0 Å². The molecular weight excluding hydrogens is 556 g/mol. The summed E-state index contributed by atoms with van der Waals surface area (Å²) >= 11 is 0. The fraction of sp³-hybridized carbons (Fsp3) is 0.950. The van der Waals surface area contributed by atoms with Gasteiger partial charge in [-0.25, -0.2) is 0 Å². The molecule has 1 saturated heterocycles. The van der Waals surface area contributed by atoms with Crippen molar-refractivity contribution in [1.82, 2.24) is 10.2 Å². The molecule has 0 aliphatic carbocycles. The first-order valence-corrected chi connectivity index (χ1v) is 20.2. The number of esters is 1. The maximum Gasteiger partial charge on any atom is 0.306 e. The van der Waals surface area contributed by atoms with Gasteiger partial charge in [-0.05, 0) is 64.3 Å². The van der Waals surface area contributed by atoms with Gasteiger partial charge >= 0.3 is 5.97 Å². The van der Waals surface area contributed by atoms with Crippen molar-refractivity contribution in [2.24, 2.45) is 0 Å². The third-order valence-electron chi connectivity index (χ3n) is 9.37. The van der Waals surface area contributed by atoms with E-state index in [4.69, 9.17) is 4.74 Å². The van der Waals surface area contributed by atoms with E-state index in [0.717, 1.165) is 44.8 Å². The number of carbonyl (C=O) groups is 2. The Bertz CT molecular complexity index is 615. The van der Waals surface area contributed by atoms with Crippen LogP contribution in [0.5, 0.6) is 0 Å². The van der Waals surface area contributed by atoms with Crippen molar-refractivity contribution < 1.29 is 14.3 Å². The number of unbranched alkanes of at least 4 members (excludes halogenated alkanes) is 17. The lowest BCUT2D eigenvalue weighted by molar-refractivity contribution is -0.150. The summed E-state index contributed by atoms with van der Waals surface area (Å²) in [5.41, 5.74) is 0. The zero-order valence-electron chi connectivity index (χ0n) is 31.2. The highest BCUT2D eigenvalue weighted by atomic mass is 16.5. The predicted molar refractivity (Wildman–Crippen MR) is 196 cm³/mol. The van der Waals surface area contributed by atoms with Gasteiger partial charge in [0.15, 0.2) is 0 Å². The van der Waals surface area contributed by atoms with Gasteiger partial charge in [0.05, 0.1) is 0 Å². The minimum absolute atomic E-state index is 0.0396. The Hall–Kier alpha value is -0.940. The normalized spacial score (nSPS) is 16.8. The Morgan fingerprint density at radius 3 is 1.67 bits per heavy atom. The molecular formula is C40H80N2O3. The lowest BCUT2D eigenvalue weighted by atomic mass is 9.98. The van der Waals surface area contributed by atoms with Crippen molar-refractivity contribution >= 4 is 12.3 Å². The molecule has 0 saturated carbocycles. The van der Waals surface area contributed by atoms with Crippen molar-refractivity contribution in [3.63, 3.8) is 0 Å². The number of rotatable bonds is 31. The number of aldehydes is 1. The summed E-state index contributed by atoms with van der Waals surface area (Å²) in [6, 6.07) is 1.20. The maximum absolute atomic E-state index is 12.7. The minimum Gasteiger partial charge on any atom is -0.462 e. The molecule has 1 heterocycles. The Morgan fingerprint density at radius 1 is 0.667 bits per heavy atom. The smallest absolute Gasteiger partial charge is 0.306 e. The predicted octanol–water partition coefficient (Wildman–Crippen LogP) is 11.4. The fourth-order valence-electron chi connectivity index (χ4n) is 6.70. The van der Waals surface area contributed by atoms with E-state index in [1.807, 2.05) is 13.8 Å². The summed E-state index contributed by atoms with van der Waals surface area (Å²) in [7, 11) is 0. The first kappa shape index (κ1) is 44.1. The molecule has 1 fully saturated rings. The van der Waals surface area contributed by atoms with Crippen molar-refractivity contribution in [2.75, 3.05) is 19.6 Å². The van der Waals surface area contributed by atoms with Gasteiger partial charge in [0.1, 0.15) is 12.4 Å². The quantitative estimate of drug-likeness (QED) is 0.0466. The fourth-order valence-corrected chi connectivity index (χ4v) is 6.70. The molecule has 0 aromatic rings. The monoisotopic (exact) mass is 637 g/mol. The molecule has 0 spiro atoms. The van der Waals surface area contributed by atoms with Crippen LogP contribution < -0.4 is 5.32 Å². The van der Waals surface area contributed by atoms with Gasteiger partial charge < -0.3 is 19.7 Å². The molecule has 0 aromatic carbocycles. The molecule has 268 valence electrons. The summed E-state index contributed by atoms with van der Waals surface area (Å²) in [6.45, 7) is 14.4. The van der Waals surface area contributed by atoms with Crippen LogP contribution in [0.15, 0.2) is 0 Å².